The number of hydrogen-bond donors (Lipinski definition) is 1. The van der Waals surface area contributed by atoms with Crippen LogP contribution in [0.2, 0.25) is 0 Å². The molecule has 4 nitrogen and oxygen atoms in total. The fourth-order valence-electron chi connectivity index (χ4n) is 1.04. The highest BCUT2D eigenvalue weighted by Gasteiger charge is 2.11. The first kappa shape index (κ1) is 8.61. The molecule has 2 rings (SSSR count). The second kappa shape index (κ2) is 3.06. The summed E-state index contributed by atoms with van der Waals surface area (Å²) in [4.78, 5) is 0. The molecule has 2 N–H and O–H groups in total. The molecule has 2 aromatic rings. The zero-order valence-corrected chi connectivity index (χ0v) is 6.87. The Morgan fingerprint density at radius 3 is 2.50 bits per heavy atom. The molecule has 1 aromatic heterocycles. The molecule has 0 amide bonds. The maximum atomic E-state index is 12.8. The van der Waals surface area contributed by atoms with Gasteiger partial charge in [0.2, 0.25) is 0 Å². The first-order valence-corrected chi connectivity index (χ1v) is 3.72. The van der Waals surface area contributed by atoms with Crippen molar-refractivity contribution in [3.63, 3.8) is 0 Å². The van der Waals surface area contributed by atoms with Gasteiger partial charge >= 0.3 is 0 Å². The molecule has 0 unspecified atom stereocenters. The summed E-state index contributed by atoms with van der Waals surface area (Å²) < 4.78 is 29.7. The van der Waals surface area contributed by atoms with Crippen LogP contribution >= 0.6 is 0 Å². The van der Waals surface area contributed by atoms with E-state index in [2.05, 4.69) is 14.9 Å². The number of nitrogen functional groups attached to an aromatic ring is 1. The van der Waals surface area contributed by atoms with E-state index in [-0.39, 0.29) is 11.5 Å². The van der Waals surface area contributed by atoms with E-state index in [4.69, 9.17) is 5.73 Å². The van der Waals surface area contributed by atoms with Crippen LogP contribution in [-0.4, -0.2) is 10.3 Å². The minimum Gasteiger partial charge on any atom is -0.379 e. The van der Waals surface area contributed by atoms with E-state index in [0.717, 1.165) is 12.1 Å². The van der Waals surface area contributed by atoms with Crippen LogP contribution in [-0.2, 0) is 0 Å². The van der Waals surface area contributed by atoms with Crippen LogP contribution in [0.25, 0.3) is 11.3 Å². The Bertz CT molecular complexity index is 469. The van der Waals surface area contributed by atoms with Gasteiger partial charge in [0.1, 0.15) is 0 Å². The third-order valence-corrected chi connectivity index (χ3v) is 1.71. The summed E-state index contributed by atoms with van der Waals surface area (Å²) in [6.45, 7) is 0. The Kier molecular flexibility index (Phi) is 1.88. The van der Waals surface area contributed by atoms with Gasteiger partial charge in [-0.15, -0.1) is 0 Å². The summed E-state index contributed by atoms with van der Waals surface area (Å²) in [5, 5.41) is 6.78. The van der Waals surface area contributed by atoms with Crippen LogP contribution in [0.3, 0.4) is 0 Å². The topological polar surface area (TPSA) is 64.9 Å². The van der Waals surface area contributed by atoms with Gasteiger partial charge in [0.15, 0.2) is 23.1 Å². The molecule has 6 heteroatoms. The number of benzene rings is 1. The summed E-state index contributed by atoms with van der Waals surface area (Å²) in [5.74, 6) is -1.86. The van der Waals surface area contributed by atoms with Crippen molar-refractivity contribution < 1.29 is 13.4 Å². The van der Waals surface area contributed by atoms with Crippen molar-refractivity contribution in [2.24, 2.45) is 0 Å². The minimum absolute atomic E-state index is 0.0380. The van der Waals surface area contributed by atoms with Gasteiger partial charge in [-0.2, -0.15) is 0 Å². The fraction of sp³-hybridized carbons (Fsp3) is 0. The van der Waals surface area contributed by atoms with Gasteiger partial charge in [0.05, 0.1) is 0 Å². The lowest BCUT2D eigenvalue weighted by Gasteiger charge is -1.96. The molecule has 0 bridgehead atoms. The summed E-state index contributed by atoms with van der Waals surface area (Å²) in [5.41, 5.74) is 5.90. The highest BCUT2D eigenvalue weighted by molar-refractivity contribution is 5.68. The lowest BCUT2D eigenvalue weighted by Crippen LogP contribution is -1.90. The predicted octanol–water partition coefficient (Wildman–Crippen LogP) is 1.60. The standard InChI is InChI=1S/C8H5F2N3O/c9-5-2-1-4(3-6(5)10)7-8(11)13-14-12-7/h1-3H,(H2,11,13). The van der Waals surface area contributed by atoms with Crippen molar-refractivity contribution in [3.05, 3.63) is 29.8 Å². The van der Waals surface area contributed by atoms with Crippen LogP contribution in [0.1, 0.15) is 0 Å². The van der Waals surface area contributed by atoms with Gasteiger partial charge < -0.3 is 5.73 Å². The summed E-state index contributed by atoms with van der Waals surface area (Å²) in [6, 6.07) is 3.30. The number of rotatable bonds is 1. The largest absolute Gasteiger partial charge is 0.379 e. The van der Waals surface area contributed by atoms with Crippen molar-refractivity contribution in [1.29, 1.82) is 0 Å². The van der Waals surface area contributed by atoms with Crippen LogP contribution in [0, 0.1) is 11.6 Å². The van der Waals surface area contributed by atoms with Crippen molar-refractivity contribution in [3.8, 4) is 11.3 Å². The van der Waals surface area contributed by atoms with Crippen LogP contribution in [0.5, 0.6) is 0 Å². The van der Waals surface area contributed by atoms with E-state index in [1.807, 2.05) is 0 Å². The van der Waals surface area contributed by atoms with Gasteiger partial charge in [0.25, 0.3) is 0 Å². The molecule has 0 atom stereocenters. The smallest absolute Gasteiger partial charge is 0.196 e. The van der Waals surface area contributed by atoms with Gasteiger partial charge in [-0.3, -0.25) is 0 Å². The number of hydrogen-bond acceptors (Lipinski definition) is 4. The van der Waals surface area contributed by atoms with Crippen molar-refractivity contribution in [2.75, 3.05) is 5.73 Å². The molecule has 14 heavy (non-hydrogen) atoms. The van der Waals surface area contributed by atoms with E-state index in [9.17, 15) is 8.78 Å². The Morgan fingerprint density at radius 1 is 1.14 bits per heavy atom. The average Bonchev–Trinajstić information content (AvgIpc) is 2.57. The minimum atomic E-state index is -0.968. The average molecular weight is 197 g/mol. The molecule has 0 radical (unpaired) electrons. The second-order valence-corrected chi connectivity index (χ2v) is 2.63. The van der Waals surface area contributed by atoms with Gasteiger partial charge in [-0.25, -0.2) is 13.4 Å². The number of aromatic nitrogens is 2. The Hall–Kier alpha value is -1.98. The molecule has 0 saturated carbocycles. The quantitative estimate of drug-likeness (QED) is 0.753. The molecule has 1 aromatic carbocycles. The first-order chi connectivity index (χ1) is 6.68. The van der Waals surface area contributed by atoms with Crippen LogP contribution < -0.4 is 5.73 Å². The maximum absolute atomic E-state index is 12.8. The molecular weight excluding hydrogens is 192 g/mol. The molecule has 0 aliphatic heterocycles. The normalized spacial score (nSPS) is 10.4. The molecule has 0 spiro atoms. The van der Waals surface area contributed by atoms with E-state index >= 15 is 0 Å². The lowest BCUT2D eigenvalue weighted by atomic mass is 10.1. The monoisotopic (exact) mass is 197 g/mol. The molecule has 0 aliphatic carbocycles. The summed E-state index contributed by atoms with van der Waals surface area (Å²) in [6.07, 6.45) is 0. The lowest BCUT2D eigenvalue weighted by molar-refractivity contribution is 0.310. The molecule has 1 heterocycles. The predicted molar refractivity (Wildman–Crippen MR) is 44.1 cm³/mol. The van der Waals surface area contributed by atoms with E-state index in [1.165, 1.54) is 6.07 Å². The summed E-state index contributed by atoms with van der Waals surface area (Å²) in [7, 11) is 0. The zero-order chi connectivity index (χ0) is 10.1. The van der Waals surface area contributed by atoms with E-state index < -0.39 is 11.6 Å². The third-order valence-electron chi connectivity index (χ3n) is 1.71. The molecular formula is C8H5F2N3O. The van der Waals surface area contributed by atoms with Crippen LogP contribution in [0.15, 0.2) is 22.8 Å². The number of anilines is 1. The first-order valence-electron chi connectivity index (χ1n) is 3.72. The SMILES string of the molecule is Nc1nonc1-c1ccc(F)c(F)c1. The van der Waals surface area contributed by atoms with E-state index in [0.29, 0.717) is 5.56 Å². The third kappa shape index (κ3) is 1.30. The van der Waals surface area contributed by atoms with E-state index in [1.54, 1.807) is 0 Å². The number of halogens is 2. The van der Waals surface area contributed by atoms with Gasteiger partial charge in [-0.1, -0.05) is 0 Å². The molecule has 72 valence electrons. The molecule has 0 saturated heterocycles. The second-order valence-electron chi connectivity index (χ2n) is 2.63. The van der Waals surface area contributed by atoms with Crippen molar-refractivity contribution in [2.45, 2.75) is 0 Å². The van der Waals surface area contributed by atoms with Gasteiger partial charge in [-0.05, 0) is 28.5 Å². The maximum Gasteiger partial charge on any atom is 0.196 e. The number of nitrogens with zero attached hydrogens (tertiary/aromatic N) is 2. The Labute approximate surface area is 77.3 Å². The Morgan fingerprint density at radius 2 is 1.93 bits per heavy atom. The zero-order valence-electron chi connectivity index (χ0n) is 6.87. The molecule has 0 fully saturated rings. The Balaban J connectivity index is 2.53. The van der Waals surface area contributed by atoms with Gasteiger partial charge in [0, 0.05) is 5.56 Å². The molecule has 0 aliphatic rings. The summed E-state index contributed by atoms with van der Waals surface area (Å²) >= 11 is 0. The van der Waals surface area contributed by atoms with Crippen LogP contribution in [0.4, 0.5) is 14.6 Å². The number of nitrogens with two attached hydrogens (primary N) is 1. The highest BCUT2D eigenvalue weighted by Crippen LogP contribution is 2.23. The van der Waals surface area contributed by atoms with Crippen molar-refractivity contribution >= 4 is 5.82 Å². The fourth-order valence-corrected chi connectivity index (χ4v) is 1.04. The van der Waals surface area contributed by atoms with Crippen molar-refractivity contribution in [1.82, 2.24) is 10.3 Å². The highest BCUT2D eigenvalue weighted by atomic mass is 19.2.